The first kappa shape index (κ1) is 10.2. The zero-order valence-corrected chi connectivity index (χ0v) is 9.35. The van der Waals surface area contributed by atoms with Gasteiger partial charge >= 0.3 is 5.91 Å². The average Bonchev–Trinajstić information content (AvgIpc) is 2.49. The van der Waals surface area contributed by atoms with Crippen molar-refractivity contribution in [3.8, 4) is 6.07 Å². The lowest BCUT2D eigenvalue weighted by atomic mass is 10.4. The maximum absolute atomic E-state index is 10.9. The molecule has 0 saturated carbocycles. The van der Waals surface area contributed by atoms with Crippen LogP contribution in [0.15, 0.2) is 15.9 Å². The molecule has 0 aliphatic carbocycles. The van der Waals surface area contributed by atoms with Crippen LogP contribution < -0.4 is 0 Å². The van der Waals surface area contributed by atoms with Gasteiger partial charge in [0.2, 0.25) is 0 Å². The van der Waals surface area contributed by atoms with Gasteiger partial charge in [0.25, 0.3) is 0 Å². The molecule has 0 saturated heterocycles. The zero-order chi connectivity index (χ0) is 9.84. The van der Waals surface area contributed by atoms with E-state index in [1.165, 1.54) is 4.90 Å². The lowest BCUT2D eigenvalue weighted by Crippen LogP contribution is -2.23. The highest BCUT2D eigenvalue weighted by Crippen LogP contribution is 2.20. The van der Waals surface area contributed by atoms with Gasteiger partial charge in [-0.2, -0.15) is 5.26 Å². The molecule has 0 bridgehead atoms. The number of nitriles is 1. The summed E-state index contributed by atoms with van der Waals surface area (Å²) in [4.78, 5) is 13.3. The van der Waals surface area contributed by atoms with E-state index >= 15 is 0 Å². The lowest BCUT2D eigenvalue weighted by molar-refractivity contribution is -0.124. The lowest BCUT2D eigenvalue weighted by Gasteiger charge is -2.10. The van der Waals surface area contributed by atoms with Crippen molar-refractivity contribution in [1.29, 1.82) is 5.26 Å². The molecular formula is C8H7BrN2OS. The molecule has 1 amide bonds. The van der Waals surface area contributed by atoms with Gasteiger partial charge in [-0.15, -0.1) is 11.3 Å². The number of hydrogen-bond donors (Lipinski definition) is 0. The molecule has 1 aromatic heterocycles. The third-order valence-electron chi connectivity index (χ3n) is 1.46. The molecule has 0 fully saturated rings. The molecule has 1 aromatic rings. The molecule has 5 heteroatoms. The van der Waals surface area contributed by atoms with E-state index in [0.29, 0.717) is 6.54 Å². The number of thiophene rings is 1. The molecule has 0 atom stereocenters. The van der Waals surface area contributed by atoms with Crippen LogP contribution in [-0.2, 0) is 11.3 Å². The summed E-state index contributed by atoms with van der Waals surface area (Å²) in [6.07, 6.45) is 0. The fourth-order valence-electron chi connectivity index (χ4n) is 0.828. The van der Waals surface area contributed by atoms with Crippen molar-refractivity contribution in [2.45, 2.75) is 6.54 Å². The van der Waals surface area contributed by atoms with Crippen molar-refractivity contribution < 1.29 is 4.79 Å². The minimum absolute atomic E-state index is 0.489. The van der Waals surface area contributed by atoms with Gasteiger partial charge in [-0.05, 0) is 22.0 Å². The molecular weight excluding hydrogens is 252 g/mol. The standard InChI is InChI=1S/C8H7BrN2OS/c1-11(8(12)3-10)4-7-2-6(9)5-13-7/h2,5H,4H2,1H3. The highest BCUT2D eigenvalue weighted by molar-refractivity contribution is 9.10. The van der Waals surface area contributed by atoms with Crippen LogP contribution in [0.3, 0.4) is 0 Å². The molecule has 0 spiro atoms. The van der Waals surface area contributed by atoms with E-state index < -0.39 is 5.91 Å². The predicted octanol–water partition coefficient (Wildman–Crippen LogP) is 1.99. The molecule has 0 aromatic carbocycles. The maximum Gasteiger partial charge on any atom is 0.325 e. The number of nitrogens with zero attached hydrogens (tertiary/aromatic N) is 2. The Kier molecular flexibility index (Phi) is 3.46. The van der Waals surface area contributed by atoms with E-state index in [0.717, 1.165) is 9.35 Å². The highest BCUT2D eigenvalue weighted by Gasteiger charge is 2.08. The second-order valence-electron chi connectivity index (χ2n) is 2.50. The summed E-state index contributed by atoms with van der Waals surface area (Å²) in [5, 5.41) is 10.3. The van der Waals surface area contributed by atoms with E-state index in [-0.39, 0.29) is 0 Å². The molecule has 0 aliphatic heterocycles. The van der Waals surface area contributed by atoms with Crippen LogP contribution in [0, 0.1) is 11.3 Å². The Morgan fingerprint density at radius 1 is 1.85 bits per heavy atom. The van der Waals surface area contributed by atoms with Crippen LogP contribution >= 0.6 is 27.3 Å². The van der Waals surface area contributed by atoms with Crippen molar-refractivity contribution in [3.05, 3.63) is 20.8 Å². The number of rotatable bonds is 2. The SMILES string of the molecule is CN(Cc1cc(Br)cs1)C(=O)C#N. The van der Waals surface area contributed by atoms with Crippen LogP contribution in [0.4, 0.5) is 0 Å². The van der Waals surface area contributed by atoms with Crippen molar-refractivity contribution in [3.63, 3.8) is 0 Å². The van der Waals surface area contributed by atoms with Crippen molar-refractivity contribution in [1.82, 2.24) is 4.90 Å². The Balaban J connectivity index is 2.60. The van der Waals surface area contributed by atoms with Gasteiger partial charge in [-0.25, -0.2) is 0 Å². The number of hydrogen-bond acceptors (Lipinski definition) is 3. The second-order valence-corrected chi connectivity index (χ2v) is 4.42. The number of carbonyl (C=O) groups is 1. The van der Waals surface area contributed by atoms with Gasteiger partial charge in [-0.1, -0.05) is 0 Å². The summed E-state index contributed by atoms with van der Waals surface area (Å²) in [6, 6.07) is 3.51. The summed E-state index contributed by atoms with van der Waals surface area (Å²) < 4.78 is 1.00. The molecule has 3 nitrogen and oxygen atoms in total. The molecule has 0 aliphatic rings. The van der Waals surface area contributed by atoms with E-state index in [1.54, 1.807) is 24.5 Å². The van der Waals surface area contributed by atoms with Gasteiger partial charge < -0.3 is 4.90 Å². The molecule has 68 valence electrons. The van der Waals surface area contributed by atoms with E-state index in [1.807, 2.05) is 11.4 Å². The van der Waals surface area contributed by atoms with Crippen LogP contribution in [0.2, 0.25) is 0 Å². The number of amides is 1. The van der Waals surface area contributed by atoms with Crippen LogP contribution in [0.5, 0.6) is 0 Å². The van der Waals surface area contributed by atoms with Gasteiger partial charge in [0.15, 0.2) is 6.07 Å². The Morgan fingerprint density at radius 2 is 2.54 bits per heavy atom. The first-order valence-electron chi connectivity index (χ1n) is 3.51. The minimum Gasteiger partial charge on any atom is -0.328 e. The van der Waals surface area contributed by atoms with Crippen LogP contribution in [0.1, 0.15) is 4.88 Å². The molecule has 0 N–H and O–H groups in total. The summed E-state index contributed by atoms with van der Waals surface area (Å²) in [5.74, 6) is -0.510. The topological polar surface area (TPSA) is 44.1 Å². The Morgan fingerprint density at radius 3 is 3.00 bits per heavy atom. The predicted molar refractivity (Wildman–Crippen MR) is 54.1 cm³/mol. The number of halogens is 1. The van der Waals surface area contributed by atoms with Gasteiger partial charge in [0.1, 0.15) is 0 Å². The summed E-state index contributed by atoms with van der Waals surface area (Å²) >= 11 is 4.87. The molecule has 1 rings (SSSR count). The first-order valence-corrected chi connectivity index (χ1v) is 5.19. The molecule has 0 radical (unpaired) electrons. The fourth-order valence-corrected chi connectivity index (χ4v) is 2.33. The fraction of sp³-hybridized carbons (Fsp3) is 0.250. The normalized spacial score (nSPS) is 9.31. The molecule has 13 heavy (non-hydrogen) atoms. The quantitative estimate of drug-likeness (QED) is 0.762. The Hall–Kier alpha value is -0.860. The second kappa shape index (κ2) is 4.40. The van der Waals surface area contributed by atoms with Crippen molar-refractivity contribution in [2.24, 2.45) is 0 Å². The minimum atomic E-state index is -0.510. The highest BCUT2D eigenvalue weighted by atomic mass is 79.9. The van der Waals surface area contributed by atoms with Gasteiger partial charge in [-0.3, -0.25) is 4.79 Å². The summed E-state index contributed by atoms with van der Waals surface area (Å²) in [6.45, 7) is 0.489. The number of carbonyl (C=O) groups excluding carboxylic acids is 1. The van der Waals surface area contributed by atoms with Crippen molar-refractivity contribution >= 4 is 33.2 Å². The average molecular weight is 259 g/mol. The third-order valence-corrected chi connectivity index (χ3v) is 3.14. The molecule has 0 unspecified atom stereocenters. The Labute approximate surface area is 88.7 Å². The monoisotopic (exact) mass is 258 g/mol. The largest absolute Gasteiger partial charge is 0.328 e. The van der Waals surface area contributed by atoms with Crippen LogP contribution in [0.25, 0.3) is 0 Å². The molecule has 1 heterocycles. The summed E-state index contributed by atoms with van der Waals surface area (Å²) in [5.41, 5.74) is 0. The smallest absolute Gasteiger partial charge is 0.325 e. The summed E-state index contributed by atoms with van der Waals surface area (Å²) in [7, 11) is 1.61. The van der Waals surface area contributed by atoms with Gasteiger partial charge in [0.05, 0.1) is 6.54 Å². The first-order chi connectivity index (χ1) is 6.13. The van der Waals surface area contributed by atoms with E-state index in [2.05, 4.69) is 15.9 Å². The van der Waals surface area contributed by atoms with E-state index in [4.69, 9.17) is 5.26 Å². The zero-order valence-electron chi connectivity index (χ0n) is 6.95. The van der Waals surface area contributed by atoms with Crippen molar-refractivity contribution in [2.75, 3.05) is 7.05 Å². The van der Waals surface area contributed by atoms with E-state index in [9.17, 15) is 4.79 Å². The Bertz CT molecular complexity index is 355. The van der Waals surface area contributed by atoms with Crippen LogP contribution in [-0.4, -0.2) is 17.9 Å². The maximum atomic E-state index is 10.9. The van der Waals surface area contributed by atoms with Gasteiger partial charge in [0, 0.05) is 21.8 Å². The third kappa shape index (κ3) is 2.83.